The van der Waals surface area contributed by atoms with Crippen molar-refractivity contribution in [2.24, 2.45) is 17.8 Å². The second kappa shape index (κ2) is 7.37. The Labute approximate surface area is 170 Å². The Bertz CT molecular complexity index is 969. The molecule has 1 amide bonds. The minimum Gasteiger partial charge on any atom is -0.381 e. The highest BCUT2D eigenvalue weighted by molar-refractivity contribution is 7.89. The van der Waals surface area contributed by atoms with Gasteiger partial charge in [0.25, 0.3) is 5.91 Å². The summed E-state index contributed by atoms with van der Waals surface area (Å²) >= 11 is 0. The van der Waals surface area contributed by atoms with Crippen LogP contribution in [0.3, 0.4) is 0 Å². The minimum absolute atomic E-state index is 0.115. The van der Waals surface area contributed by atoms with Crippen LogP contribution in [-0.4, -0.2) is 66.7 Å². The monoisotopic (exact) mass is 418 g/mol. The normalized spacial score (nSPS) is 27.8. The molecule has 5 rings (SSSR count). The van der Waals surface area contributed by atoms with Gasteiger partial charge in [-0.1, -0.05) is 0 Å². The maximum Gasteiger partial charge on any atom is 0.267 e. The van der Waals surface area contributed by atoms with Crippen molar-refractivity contribution < 1.29 is 17.9 Å². The molecule has 0 bridgehead atoms. The third kappa shape index (κ3) is 3.55. The predicted molar refractivity (Wildman–Crippen MR) is 108 cm³/mol. The lowest BCUT2D eigenvalue weighted by Crippen LogP contribution is -2.41. The molecule has 4 heterocycles. The van der Waals surface area contributed by atoms with Crippen LogP contribution < -0.4 is 5.32 Å². The van der Waals surface area contributed by atoms with E-state index in [0.717, 1.165) is 17.3 Å². The number of H-pyrrole nitrogens is 1. The molecule has 0 aromatic carbocycles. The lowest BCUT2D eigenvalue weighted by Gasteiger charge is -2.28. The van der Waals surface area contributed by atoms with E-state index in [4.69, 9.17) is 4.74 Å². The van der Waals surface area contributed by atoms with Crippen LogP contribution in [0.2, 0.25) is 0 Å². The molecule has 29 heavy (non-hydrogen) atoms. The van der Waals surface area contributed by atoms with Crippen LogP contribution >= 0.6 is 0 Å². The number of piperidine rings is 1. The Morgan fingerprint density at radius 1 is 1.28 bits per heavy atom. The predicted octanol–water partition coefficient (Wildman–Crippen LogP) is 1.37. The number of fused-ring (bicyclic) bond motifs is 2. The zero-order valence-electron chi connectivity index (χ0n) is 16.2. The molecule has 9 heteroatoms. The molecule has 1 saturated carbocycles. The van der Waals surface area contributed by atoms with Gasteiger partial charge >= 0.3 is 0 Å². The van der Waals surface area contributed by atoms with E-state index >= 15 is 0 Å². The molecule has 0 unspecified atom stereocenters. The standard InChI is InChI=1S/C20H26N4O4S/c25-20(19-9-13-10-21-5-2-18(13)23-19)22-6-1-15-16-11-24(12-17(15)16)29(26,27)14-3-7-28-8-4-14/h2,5,9-10,14-17,23H,1,3-4,6-8,11-12H2,(H,22,25)/t15-,16-,17+. The van der Waals surface area contributed by atoms with Gasteiger partial charge < -0.3 is 15.0 Å². The van der Waals surface area contributed by atoms with Crippen LogP contribution in [0.25, 0.3) is 10.9 Å². The number of hydrogen-bond acceptors (Lipinski definition) is 5. The molecule has 3 fully saturated rings. The molecule has 0 spiro atoms. The van der Waals surface area contributed by atoms with E-state index in [2.05, 4.69) is 15.3 Å². The van der Waals surface area contributed by atoms with Gasteiger partial charge in [-0.2, -0.15) is 0 Å². The molecule has 0 radical (unpaired) electrons. The first kappa shape index (κ1) is 19.0. The maximum absolute atomic E-state index is 12.8. The largest absolute Gasteiger partial charge is 0.381 e. The molecule has 156 valence electrons. The van der Waals surface area contributed by atoms with E-state index in [-0.39, 0.29) is 11.2 Å². The van der Waals surface area contributed by atoms with Crippen LogP contribution in [0.5, 0.6) is 0 Å². The number of pyridine rings is 1. The summed E-state index contributed by atoms with van der Waals surface area (Å²) in [6.45, 7) is 2.96. The molecule has 3 aliphatic rings. The van der Waals surface area contributed by atoms with Gasteiger partial charge in [0.05, 0.1) is 5.25 Å². The Kier molecular flexibility index (Phi) is 4.84. The third-order valence-corrected chi connectivity index (χ3v) is 9.05. The number of amides is 1. The SMILES string of the molecule is O=C(NCC[C@@H]1[C@H]2CN(S(=O)(=O)C3CCOCC3)C[C@@H]12)c1cc2cnccc2[nH]1. The summed E-state index contributed by atoms with van der Waals surface area (Å²) < 4.78 is 32.6. The topological polar surface area (TPSA) is 104 Å². The lowest BCUT2D eigenvalue weighted by atomic mass is 10.2. The van der Waals surface area contributed by atoms with Crippen molar-refractivity contribution in [2.75, 3.05) is 32.8 Å². The van der Waals surface area contributed by atoms with Crippen molar-refractivity contribution in [3.63, 3.8) is 0 Å². The Morgan fingerprint density at radius 3 is 2.76 bits per heavy atom. The summed E-state index contributed by atoms with van der Waals surface area (Å²) in [5.74, 6) is 1.29. The zero-order valence-corrected chi connectivity index (χ0v) is 17.0. The summed E-state index contributed by atoms with van der Waals surface area (Å²) in [5, 5.41) is 3.61. The molecule has 8 nitrogen and oxygen atoms in total. The maximum atomic E-state index is 12.8. The van der Waals surface area contributed by atoms with Crippen molar-refractivity contribution in [2.45, 2.75) is 24.5 Å². The van der Waals surface area contributed by atoms with Crippen LogP contribution in [0.15, 0.2) is 24.5 Å². The fourth-order valence-electron chi connectivity index (χ4n) is 4.97. The number of carbonyl (C=O) groups excluding carboxylic acids is 1. The number of sulfonamides is 1. The van der Waals surface area contributed by atoms with Crippen molar-refractivity contribution in [1.29, 1.82) is 0 Å². The van der Waals surface area contributed by atoms with Gasteiger partial charge in [0.2, 0.25) is 10.0 Å². The number of aromatic amines is 1. The van der Waals surface area contributed by atoms with Gasteiger partial charge in [0.1, 0.15) is 5.69 Å². The highest BCUT2D eigenvalue weighted by Crippen LogP contribution is 2.54. The first-order valence-electron chi connectivity index (χ1n) is 10.3. The molecule has 2 N–H and O–H groups in total. The van der Waals surface area contributed by atoms with Crippen LogP contribution in [0.4, 0.5) is 0 Å². The second-order valence-corrected chi connectivity index (χ2v) is 10.6. The van der Waals surface area contributed by atoms with Crippen molar-refractivity contribution in [3.05, 3.63) is 30.2 Å². The number of aromatic nitrogens is 2. The molecular formula is C20H26N4O4S. The van der Waals surface area contributed by atoms with Crippen molar-refractivity contribution in [1.82, 2.24) is 19.6 Å². The van der Waals surface area contributed by atoms with Crippen molar-refractivity contribution >= 4 is 26.8 Å². The number of rotatable bonds is 6. The highest BCUT2D eigenvalue weighted by atomic mass is 32.2. The molecule has 1 aliphatic carbocycles. The van der Waals surface area contributed by atoms with Gasteiger partial charge in [-0.15, -0.1) is 0 Å². The molecule has 2 aromatic heterocycles. The summed E-state index contributed by atoms with van der Waals surface area (Å²) in [6, 6.07) is 3.65. The number of nitrogens with one attached hydrogen (secondary N) is 2. The summed E-state index contributed by atoms with van der Waals surface area (Å²) in [5.41, 5.74) is 1.44. The van der Waals surface area contributed by atoms with Gasteiger partial charge in [-0.05, 0) is 49.1 Å². The number of carbonyl (C=O) groups is 1. The smallest absolute Gasteiger partial charge is 0.267 e. The number of hydrogen-bond donors (Lipinski definition) is 2. The molecular weight excluding hydrogens is 392 g/mol. The fourth-order valence-corrected chi connectivity index (χ4v) is 6.94. The van der Waals surface area contributed by atoms with Gasteiger partial charge in [0, 0.05) is 56.1 Å². The van der Waals surface area contributed by atoms with Gasteiger partial charge in [-0.25, -0.2) is 12.7 Å². The first-order chi connectivity index (χ1) is 14.0. The van der Waals surface area contributed by atoms with E-state index in [9.17, 15) is 13.2 Å². The van der Waals surface area contributed by atoms with E-state index in [0.29, 0.717) is 69.1 Å². The van der Waals surface area contributed by atoms with Gasteiger partial charge in [0.15, 0.2) is 0 Å². The van der Waals surface area contributed by atoms with E-state index < -0.39 is 10.0 Å². The summed E-state index contributed by atoms with van der Waals surface area (Å²) in [4.78, 5) is 19.5. The first-order valence-corrected chi connectivity index (χ1v) is 11.8. The fraction of sp³-hybridized carbons (Fsp3) is 0.600. The molecule has 3 atom stereocenters. The van der Waals surface area contributed by atoms with E-state index in [1.54, 1.807) is 16.7 Å². The number of nitrogens with zero attached hydrogens (tertiary/aromatic N) is 2. The minimum atomic E-state index is -3.20. The van der Waals surface area contributed by atoms with Gasteiger partial charge in [-0.3, -0.25) is 9.78 Å². The summed E-state index contributed by atoms with van der Waals surface area (Å²) in [7, 11) is -3.20. The average molecular weight is 419 g/mol. The zero-order chi connectivity index (χ0) is 20.0. The Balaban J connectivity index is 1.09. The Morgan fingerprint density at radius 2 is 2.03 bits per heavy atom. The molecule has 2 aliphatic heterocycles. The van der Waals surface area contributed by atoms with Crippen LogP contribution in [-0.2, 0) is 14.8 Å². The number of ether oxygens (including phenoxy) is 1. The van der Waals surface area contributed by atoms with Crippen molar-refractivity contribution in [3.8, 4) is 0 Å². The van der Waals surface area contributed by atoms with E-state index in [1.165, 1.54) is 0 Å². The Hall–Kier alpha value is -1.97. The molecule has 2 aromatic rings. The summed E-state index contributed by atoms with van der Waals surface area (Å²) in [6.07, 6.45) is 5.53. The highest BCUT2D eigenvalue weighted by Gasteiger charge is 2.57. The van der Waals surface area contributed by atoms with Crippen LogP contribution in [0.1, 0.15) is 29.8 Å². The third-order valence-electron chi connectivity index (χ3n) is 6.72. The van der Waals surface area contributed by atoms with E-state index in [1.807, 2.05) is 12.1 Å². The van der Waals surface area contributed by atoms with Crippen LogP contribution in [0, 0.1) is 17.8 Å². The quantitative estimate of drug-likeness (QED) is 0.737. The second-order valence-electron chi connectivity index (χ2n) is 8.36. The molecule has 2 saturated heterocycles. The average Bonchev–Trinajstić information content (AvgIpc) is 3.11. The lowest BCUT2D eigenvalue weighted by molar-refractivity contribution is 0.0947.